The second-order valence-corrected chi connectivity index (χ2v) is 7.05. The van der Waals surface area contributed by atoms with Crippen LogP contribution in [0.25, 0.3) is 11.4 Å². The highest BCUT2D eigenvalue weighted by atomic mass is 35.5. The number of nitrogens with zero attached hydrogens (tertiary/aromatic N) is 4. The molecule has 7 nitrogen and oxygen atoms in total. The summed E-state index contributed by atoms with van der Waals surface area (Å²) in [5.74, 6) is 1.18. The number of rotatable bonds is 4. The number of piperazine rings is 1. The molecule has 0 saturated carbocycles. The fourth-order valence-electron chi connectivity index (χ4n) is 2.99. The highest BCUT2D eigenvalue weighted by Crippen LogP contribution is 2.23. The molecule has 1 unspecified atom stereocenters. The van der Waals surface area contributed by atoms with Crippen molar-refractivity contribution in [3.05, 3.63) is 36.2 Å². The molecule has 0 aliphatic carbocycles. The van der Waals surface area contributed by atoms with Gasteiger partial charge in [-0.1, -0.05) is 35.5 Å². The Labute approximate surface area is 172 Å². The van der Waals surface area contributed by atoms with E-state index in [4.69, 9.17) is 10.3 Å². The minimum Gasteiger partial charge on any atom is -0.339 e. The Kier molecular flexibility index (Phi) is 8.23. The van der Waals surface area contributed by atoms with E-state index in [1.54, 1.807) is 13.8 Å². The van der Waals surface area contributed by atoms with E-state index in [-0.39, 0.29) is 36.8 Å². The number of hydrogen-bond donors (Lipinski definition) is 1. The van der Waals surface area contributed by atoms with Crippen LogP contribution < -0.4 is 5.73 Å². The number of carbonyl (C=O) groups excluding carboxylic acids is 1. The third kappa shape index (κ3) is 5.42. The lowest BCUT2D eigenvalue weighted by molar-refractivity contribution is -0.137. The molecule has 1 aliphatic rings. The Balaban J connectivity index is 0.00000182. The molecule has 1 atom stereocenters. The number of amides is 1. The fourth-order valence-corrected chi connectivity index (χ4v) is 2.99. The fraction of sp³-hybridized carbons (Fsp3) is 0.500. The van der Waals surface area contributed by atoms with Gasteiger partial charge in [0.05, 0.1) is 11.6 Å². The maximum absolute atomic E-state index is 12.3. The van der Waals surface area contributed by atoms with E-state index in [1.807, 2.05) is 42.2 Å². The number of aromatic nitrogens is 2. The summed E-state index contributed by atoms with van der Waals surface area (Å²) in [4.78, 5) is 20.9. The largest absolute Gasteiger partial charge is 0.339 e. The predicted octanol–water partition coefficient (Wildman–Crippen LogP) is 2.52. The second kappa shape index (κ2) is 9.50. The van der Waals surface area contributed by atoms with Gasteiger partial charge in [-0.2, -0.15) is 4.98 Å². The summed E-state index contributed by atoms with van der Waals surface area (Å²) < 4.78 is 5.46. The zero-order valence-corrected chi connectivity index (χ0v) is 17.4. The molecule has 2 aromatic rings. The van der Waals surface area contributed by atoms with E-state index in [1.165, 1.54) is 0 Å². The van der Waals surface area contributed by atoms with Gasteiger partial charge >= 0.3 is 0 Å². The summed E-state index contributed by atoms with van der Waals surface area (Å²) in [7, 11) is 0. The highest BCUT2D eigenvalue weighted by Gasteiger charge is 2.32. The monoisotopic (exact) mass is 415 g/mol. The van der Waals surface area contributed by atoms with Gasteiger partial charge < -0.3 is 15.2 Å². The molecule has 1 aromatic carbocycles. The topological polar surface area (TPSA) is 88.5 Å². The first-order valence-electron chi connectivity index (χ1n) is 8.57. The normalized spacial score (nSPS) is 16.2. The van der Waals surface area contributed by atoms with Crippen molar-refractivity contribution in [2.24, 2.45) is 5.73 Å². The van der Waals surface area contributed by atoms with E-state index in [9.17, 15) is 4.79 Å². The summed E-state index contributed by atoms with van der Waals surface area (Å²) in [6.45, 7) is 8.36. The standard InChI is InChI=1S/C18H25N5O2.2ClH/c1-13(16-20-15(21-25-16)14-7-5-4-6-8-14)22-9-11-23(12-10-22)17(24)18(2,3)19;;/h4-8,13H,9-12,19H2,1-3H3;2*1H. The quantitative estimate of drug-likeness (QED) is 0.824. The van der Waals surface area contributed by atoms with Crippen molar-refractivity contribution >= 4 is 30.7 Å². The highest BCUT2D eigenvalue weighted by molar-refractivity contribution is 5.86. The molecule has 0 radical (unpaired) electrons. The van der Waals surface area contributed by atoms with Crippen LogP contribution in [0.15, 0.2) is 34.9 Å². The van der Waals surface area contributed by atoms with Gasteiger partial charge in [0.15, 0.2) is 0 Å². The van der Waals surface area contributed by atoms with Gasteiger partial charge in [0.1, 0.15) is 0 Å². The average Bonchev–Trinajstić information content (AvgIpc) is 3.11. The number of carbonyl (C=O) groups is 1. The van der Waals surface area contributed by atoms with E-state index in [2.05, 4.69) is 15.0 Å². The van der Waals surface area contributed by atoms with Crippen LogP contribution in [0.3, 0.4) is 0 Å². The van der Waals surface area contributed by atoms with Crippen LogP contribution in [0.4, 0.5) is 0 Å². The predicted molar refractivity (Wildman–Crippen MR) is 109 cm³/mol. The Morgan fingerprint density at radius 2 is 1.74 bits per heavy atom. The van der Waals surface area contributed by atoms with Crippen molar-refractivity contribution in [3.8, 4) is 11.4 Å². The minimum atomic E-state index is -0.829. The van der Waals surface area contributed by atoms with Crippen LogP contribution in [0.1, 0.15) is 32.7 Å². The van der Waals surface area contributed by atoms with Crippen molar-refractivity contribution in [2.75, 3.05) is 26.2 Å². The summed E-state index contributed by atoms with van der Waals surface area (Å²) in [5.41, 5.74) is 6.02. The number of hydrogen-bond acceptors (Lipinski definition) is 6. The Morgan fingerprint density at radius 1 is 1.15 bits per heavy atom. The van der Waals surface area contributed by atoms with Gasteiger partial charge in [0, 0.05) is 31.7 Å². The first kappa shape index (κ1) is 23.4. The lowest BCUT2D eigenvalue weighted by Gasteiger charge is -2.39. The molecule has 150 valence electrons. The van der Waals surface area contributed by atoms with Gasteiger partial charge in [-0.3, -0.25) is 9.69 Å². The van der Waals surface area contributed by atoms with Gasteiger partial charge in [0.25, 0.3) is 0 Å². The van der Waals surface area contributed by atoms with Gasteiger partial charge in [-0.05, 0) is 20.8 Å². The minimum absolute atomic E-state index is 0. The van der Waals surface area contributed by atoms with E-state index in [0.717, 1.165) is 18.7 Å². The van der Waals surface area contributed by atoms with Crippen LogP contribution in [0.5, 0.6) is 0 Å². The Hall–Kier alpha value is -1.67. The molecule has 1 aromatic heterocycles. The number of halogens is 2. The Bertz CT molecular complexity index is 725. The molecule has 1 fully saturated rings. The van der Waals surface area contributed by atoms with Crippen LogP contribution in [0.2, 0.25) is 0 Å². The van der Waals surface area contributed by atoms with Gasteiger partial charge in [-0.15, -0.1) is 24.8 Å². The molecule has 9 heteroatoms. The molecular weight excluding hydrogens is 389 g/mol. The average molecular weight is 416 g/mol. The molecule has 0 spiro atoms. The molecular formula is C18H27Cl2N5O2. The zero-order chi connectivity index (χ0) is 18.0. The molecule has 1 amide bonds. The third-order valence-electron chi connectivity index (χ3n) is 4.53. The van der Waals surface area contributed by atoms with E-state index < -0.39 is 5.54 Å². The molecule has 3 rings (SSSR count). The summed E-state index contributed by atoms with van der Waals surface area (Å²) in [6, 6.07) is 9.77. The van der Waals surface area contributed by atoms with E-state index >= 15 is 0 Å². The van der Waals surface area contributed by atoms with Crippen molar-refractivity contribution < 1.29 is 9.32 Å². The SMILES string of the molecule is CC(c1nc(-c2ccccc2)no1)N1CCN(C(=O)C(C)(C)N)CC1.Cl.Cl. The maximum Gasteiger partial charge on any atom is 0.244 e. The van der Waals surface area contributed by atoms with Crippen molar-refractivity contribution in [2.45, 2.75) is 32.4 Å². The van der Waals surface area contributed by atoms with Gasteiger partial charge in [0.2, 0.25) is 17.6 Å². The van der Waals surface area contributed by atoms with Gasteiger partial charge in [-0.25, -0.2) is 0 Å². The summed E-state index contributed by atoms with van der Waals surface area (Å²) >= 11 is 0. The molecule has 27 heavy (non-hydrogen) atoms. The molecule has 2 N–H and O–H groups in total. The molecule has 1 saturated heterocycles. The number of nitrogens with two attached hydrogens (primary N) is 1. The van der Waals surface area contributed by atoms with Crippen LogP contribution in [-0.4, -0.2) is 57.6 Å². The summed E-state index contributed by atoms with van der Waals surface area (Å²) in [5, 5.41) is 4.08. The summed E-state index contributed by atoms with van der Waals surface area (Å²) in [6.07, 6.45) is 0. The molecule has 0 bridgehead atoms. The Morgan fingerprint density at radius 3 is 2.30 bits per heavy atom. The van der Waals surface area contributed by atoms with Crippen molar-refractivity contribution in [1.29, 1.82) is 0 Å². The zero-order valence-electron chi connectivity index (χ0n) is 15.8. The maximum atomic E-state index is 12.3. The third-order valence-corrected chi connectivity index (χ3v) is 4.53. The van der Waals surface area contributed by atoms with Crippen LogP contribution >= 0.6 is 24.8 Å². The van der Waals surface area contributed by atoms with Crippen LogP contribution in [0, 0.1) is 0 Å². The van der Waals surface area contributed by atoms with Crippen molar-refractivity contribution in [3.63, 3.8) is 0 Å². The first-order chi connectivity index (χ1) is 11.9. The second-order valence-electron chi connectivity index (χ2n) is 7.05. The van der Waals surface area contributed by atoms with E-state index in [0.29, 0.717) is 24.8 Å². The van der Waals surface area contributed by atoms with Crippen LogP contribution in [-0.2, 0) is 4.79 Å². The molecule has 2 heterocycles. The number of benzene rings is 1. The van der Waals surface area contributed by atoms with Crippen molar-refractivity contribution in [1.82, 2.24) is 19.9 Å². The lowest BCUT2D eigenvalue weighted by atomic mass is 10.0. The molecule has 1 aliphatic heterocycles. The first-order valence-corrected chi connectivity index (χ1v) is 8.57. The lowest BCUT2D eigenvalue weighted by Crippen LogP contribution is -2.57. The smallest absolute Gasteiger partial charge is 0.244 e.